The van der Waals surface area contributed by atoms with Crippen LogP contribution in [0.3, 0.4) is 0 Å². The van der Waals surface area contributed by atoms with Crippen LogP contribution in [-0.2, 0) is 4.79 Å². The zero-order chi connectivity index (χ0) is 24.5. The number of para-hydroxylation sites is 1. The molecule has 1 amide bonds. The van der Waals surface area contributed by atoms with Crippen molar-refractivity contribution in [2.45, 2.75) is 12.0 Å². The van der Waals surface area contributed by atoms with E-state index in [-0.39, 0.29) is 5.56 Å². The molecular weight excluding hydrogens is 450 g/mol. The van der Waals surface area contributed by atoms with Gasteiger partial charge in [0.05, 0.1) is 38.2 Å². The van der Waals surface area contributed by atoms with Gasteiger partial charge in [0.15, 0.2) is 17.6 Å². The lowest BCUT2D eigenvalue weighted by molar-refractivity contribution is -0.122. The first-order valence-electron chi connectivity index (χ1n) is 10.9. The lowest BCUT2D eigenvalue weighted by atomic mass is 9.88. The van der Waals surface area contributed by atoms with Crippen molar-refractivity contribution in [2.24, 2.45) is 0 Å². The first-order chi connectivity index (χ1) is 17.0. The Labute approximate surface area is 201 Å². The number of methoxy groups -OCH3 is 3. The summed E-state index contributed by atoms with van der Waals surface area (Å²) in [6.07, 6.45) is -1.03. The third-order valence-corrected chi connectivity index (χ3v) is 6.04. The van der Waals surface area contributed by atoms with Crippen molar-refractivity contribution < 1.29 is 28.2 Å². The number of hydrogen-bond acceptors (Lipinski definition) is 7. The number of ether oxygens (including phenoxy) is 4. The molecule has 1 aromatic heterocycles. The largest absolute Gasteiger partial charge is 0.497 e. The molecule has 1 aliphatic rings. The van der Waals surface area contributed by atoms with Crippen LogP contribution in [-0.4, -0.2) is 33.3 Å². The summed E-state index contributed by atoms with van der Waals surface area (Å²) in [5.41, 5.74) is 1.33. The van der Waals surface area contributed by atoms with E-state index in [2.05, 4.69) is 5.32 Å². The van der Waals surface area contributed by atoms with Crippen molar-refractivity contribution in [3.63, 3.8) is 0 Å². The Hall–Kier alpha value is -4.46. The third kappa shape index (κ3) is 3.93. The summed E-state index contributed by atoms with van der Waals surface area (Å²) >= 11 is 0. The minimum absolute atomic E-state index is 0.283. The molecule has 0 aliphatic carbocycles. The Morgan fingerprint density at radius 2 is 1.63 bits per heavy atom. The van der Waals surface area contributed by atoms with Crippen molar-refractivity contribution >= 4 is 22.6 Å². The summed E-state index contributed by atoms with van der Waals surface area (Å²) in [4.78, 5) is 26.6. The van der Waals surface area contributed by atoms with Crippen LogP contribution in [0.5, 0.6) is 23.0 Å². The van der Waals surface area contributed by atoms with Gasteiger partial charge in [-0.3, -0.25) is 4.79 Å². The maximum Gasteiger partial charge on any atom is 0.344 e. The maximum absolute atomic E-state index is 13.5. The van der Waals surface area contributed by atoms with Crippen LogP contribution < -0.4 is 29.9 Å². The van der Waals surface area contributed by atoms with Gasteiger partial charge in [-0.25, -0.2) is 4.79 Å². The van der Waals surface area contributed by atoms with Gasteiger partial charge in [-0.1, -0.05) is 18.2 Å². The Kier molecular flexibility index (Phi) is 5.78. The van der Waals surface area contributed by atoms with Crippen LogP contribution in [0.25, 0.3) is 11.0 Å². The number of benzene rings is 3. The Morgan fingerprint density at radius 1 is 0.886 bits per heavy atom. The van der Waals surface area contributed by atoms with Crippen LogP contribution in [0.4, 0.5) is 5.69 Å². The highest BCUT2D eigenvalue weighted by Gasteiger charge is 2.44. The smallest absolute Gasteiger partial charge is 0.344 e. The topological polar surface area (TPSA) is 96.2 Å². The summed E-state index contributed by atoms with van der Waals surface area (Å²) < 4.78 is 27.8. The summed E-state index contributed by atoms with van der Waals surface area (Å²) in [7, 11) is 4.63. The highest BCUT2D eigenvalue weighted by atomic mass is 16.5. The standard InChI is InChI=1S/C27H23NO7/c1-31-17-11-9-16(10-12-17)28-26(29)25-22(15-8-13-20(32-2)21(14-15)33-3)23-24(35-25)18-6-4-5-7-19(18)34-27(23)30/h4-14,22,25H,1-3H3,(H,28,29)/t22-,25-/m1/s1. The number of carbonyl (C=O) groups excluding carboxylic acids is 1. The lowest BCUT2D eigenvalue weighted by Gasteiger charge is -2.20. The third-order valence-electron chi connectivity index (χ3n) is 6.04. The zero-order valence-corrected chi connectivity index (χ0v) is 19.4. The highest BCUT2D eigenvalue weighted by Crippen LogP contribution is 2.46. The van der Waals surface area contributed by atoms with E-state index in [0.29, 0.717) is 45.2 Å². The van der Waals surface area contributed by atoms with Gasteiger partial charge in [-0.15, -0.1) is 0 Å². The molecule has 5 rings (SSSR count). The fraction of sp³-hybridized carbons (Fsp3) is 0.185. The van der Waals surface area contributed by atoms with Gasteiger partial charge in [-0.05, 0) is 54.1 Å². The molecule has 0 unspecified atom stereocenters. The van der Waals surface area contributed by atoms with E-state index in [1.165, 1.54) is 14.2 Å². The molecule has 0 radical (unpaired) electrons. The fourth-order valence-corrected chi connectivity index (χ4v) is 4.36. The Balaban J connectivity index is 1.62. The molecule has 178 valence electrons. The monoisotopic (exact) mass is 473 g/mol. The lowest BCUT2D eigenvalue weighted by Crippen LogP contribution is -2.35. The van der Waals surface area contributed by atoms with Crippen LogP contribution in [0, 0.1) is 0 Å². The molecule has 3 aromatic carbocycles. The first-order valence-corrected chi connectivity index (χ1v) is 10.9. The summed E-state index contributed by atoms with van der Waals surface area (Å²) in [5.74, 6) is 0.864. The average Bonchev–Trinajstić information content (AvgIpc) is 3.30. The van der Waals surface area contributed by atoms with Gasteiger partial charge in [0, 0.05) is 5.69 Å². The fourth-order valence-electron chi connectivity index (χ4n) is 4.36. The van der Waals surface area contributed by atoms with E-state index in [4.69, 9.17) is 23.4 Å². The van der Waals surface area contributed by atoms with Crippen LogP contribution in [0.15, 0.2) is 75.9 Å². The minimum Gasteiger partial charge on any atom is -0.497 e. The van der Waals surface area contributed by atoms with Crippen LogP contribution in [0.1, 0.15) is 17.0 Å². The molecule has 8 heteroatoms. The van der Waals surface area contributed by atoms with Gasteiger partial charge < -0.3 is 28.7 Å². The molecular formula is C27H23NO7. The van der Waals surface area contributed by atoms with Gasteiger partial charge >= 0.3 is 5.63 Å². The van der Waals surface area contributed by atoms with Crippen molar-refractivity contribution in [3.05, 3.63) is 88.3 Å². The minimum atomic E-state index is -1.03. The second-order valence-electron chi connectivity index (χ2n) is 7.98. The number of amides is 1. The maximum atomic E-state index is 13.5. The predicted molar refractivity (Wildman–Crippen MR) is 130 cm³/mol. The molecule has 0 bridgehead atoms. The molecule has 0 spiro atoms. The van der Waals surface area contributed by atoms with Crippen molar-refractivity contribution in [1.29, 1.82) is 0 Å². The second-order valence-corrected chi connectivity index (χ2v) is 7.98. The first kappa shape index (κ1) is 22.3. The van der Waals surface area contributed by atoms with E-state index in [1.54, 1.807) is 67.8 Å². The molecule has 8 nitrogen and oxygen atoms in total. The van der Waals surface area contributed by atoms with Crippen molar-refractivity contribution in [3.8, 4) is 23.0 Å². The van der Waals surface area contributed by atoms with Gasteiger partial charge in [0.1, 0.15) is 17.1 Å². The molecule has 35 heavy (non-hydrogen) atoms. The van der Waals surface area contributed by atoms with Crippen molar-refractivity contribution in [1.82, 2.24) is 0 Å². The molecule has 2 heterocycles. The number of nitrogens with one attached hydrogen (secondary N) is 1. The molecule has 1 N–H and O–H groups in total. The van der Waals surface area contributed by atoms with E-state index in [9.17, 15) is 9.59 Å². The highest BCUT2D eigenvalue weighted by molar-refractivity contribution is 5.97. The molecule has 0 saturated heterocycles. The summed E-state index contributed by atoms with van der Waals surface area (Å²) in [6, 6.07) is 19.3. The zero-order valence-electron chi connectivity index (χ0n) is 19.4. The number of fused-ring (bicyclic) bond motifs is 3. The van der Waals surface area contributed by atoms with Crippen LogP contribution in [0.2, 0.25) is 0 Å². The predicted octanol–water partition coefficient (Wildman–Crippen LogP) is 4.35. The number of anilines is 1. The van der Waals surface area contributed by atoms with E-state index >= 15 is 0 Å². The number of rotatable bonds is 6. The SMILES string of the molecule is COc1ccc(NC(=O)[C@@H]2Oc3c(c(=O)oc4ccccc34)[C@H]2c2ccc(OC)c(OC)c2)cc1. The van der Waals surface area contributed by atoms with Crippen molar-refractivity contribution in [2.75, 3.05) is 26.6 Å². The van der Waals surface area contributed by atoms with Gasteiger partial charge in [0.2, 0.25) is 0 Å². The van der Waals surface area contributed by atoms with E-state index < -0.39 is 23.6 Å². The average molecular weight is 473 g/mol. The summed E-state index contributed by atoms with van der Waals surface area (Å²) in [5, 5.41) is 3.50. The van der Waals surface area contributed by atoms with Crippen LogP contribution >= 0.6 is 0 Å². The summed E-state index contributed by atoms with van der Waals surface area (Å²) in [6.45, 7) is 0. The molecule has 2 atom stereocenters. The number of hydrogen-bond donors (Lipinski definition) is 1. The molecule has 0 saturated carbocycles. The molecule has 0 fully saturated rings. The van der Waals surface area contributed by atoms with E-state index in [0.717, 1.165) is 0 Å². The Morgan fingerprint density at radius 3 is 2.34 bits per heavy atom. The normalized spacial score (nSPS) is 16.3. The van der Waals surface area contributed by atoms with Gasteiger partial charge in [-0.2, -0.15) is 0 Å². The molecule has 1 aliphatic heterocycles. The van der Waals surface area contributed by atoms with E-state index in [1.807, 2.05) is 6.07 Å². The Bertz CT molecular complexity index is 1460. The number of carbonyl (C=O) groups is 1. The van der Waals surface area contributed by atoms with Gasteiger partial charge in [0.25, 0.3) is 5.91 Å². The molecule has 4 aromatic rings. The second kappa shape index (κ2) is 9.06. The quantitative estimate of drug-likeness (QED) is 0.416.